The summed E-state index contributed by atoms with van der Waals surface area (Å²) in [5, 5.41) is 0.505. The fraction of sp³-hybridized carbons (Fsp3) is 0.889. The minimum Gasteiger partial charge on any atom is -0.294 e. The van der Waals surface area contributed by atoms with Gasteiger partial charge < -0.3 is 0 Å². The molecule has 0 radical (unpaired) electrons. The van der Waals surface area contributed by atoms with Gasteiger partial charge in [0.05, 0.1) is 6.04 Å². The molecule has 0 saturated heterocycles. The van der Waals surface area contributed by atoms with Gasteiger partial charge in [-0.1, -0.05) is 13.8 Å². The molecule has 0 saturated carbocycles. The molecule has 3 unspecified atom stereocenters. The zero-order chi connectivity index (χ0) is 8.27. The topological polar surface area (TPSA) is 12.4 Å². The van der Waals surface area contributed by atoms with Crippen LogP contribution in [-0.2, 0) is 0 Å². The van der Waals surface area contributed by atoms with Crippen molar-refractivity contribution in [3.05, 3.63) is 0 Å². The van der Waals surface area contributed by atoms with Gasteiger partial charge in [0, 0.05) is 5.25 Å². The Labute approximate surface area is 74.7 Å². The maximum absolute atomic E-state index is 4.41. The van der Waals surface area contributed by atoms with Crippen molar-refractivity contribution in [2.75, 3.05) is 0 Å². The lowest BCUT2D eigenvalue weighted by molar-refractivity contribution is 0.462. The van der Waals surface area contributed by atoms with Crippen LogP contribution in [0.2, 0.25) is 0 Å². The van der Waals surface area contributed by atoms with E-state index >= 15 is 0 Å². The average molecular weight is 171 g/mol. The van der Waals surface area contributed by atoms with Gasteiger partial charge >= 0.3 is 0 Å². The quantitative estimate of drug-likeness (QED) is 0.627. The van der Waals surface area contributed by atoms with Gasteiger partial charge in [-0.2, -0.15) is 12.6 Å². The van der Waals surface area contributed by atoms with E-state index < -0.39 is 0 Å². The minimum absolute atomic E-state index is 0.505. The van der Waals surface area contributed by atoms with Crippen LogP contribution >= 0.6 is 12.6 Å². The van der Waals surface area contributed by atoms with Gasteiger partial charge in [0.2, 0.25) is 0 Å². The summed E-state index contributed by atoms with van der Waals surface area (Å²) in [6, 6.07) is 0.597. The highest BCUT2D eigenvalue weighted by molar-refractivity contribution is 7.80. The fourth-order valence-corrected chi connectivity index (χ4v) is 1.49. The molecule has 0 aliphatic carbocycles. The van der Waals surface area contributed by atoms with E-state index in [2.05, 4.69) is 37.7 Å². The first-order valence-corrected chi connectivity index (χ1v) is 4.91. The molecule has 11 heavy (non-hydrogen) atoms. The van der Waals surface area contributed by atoms with E-state index in [1.807, 2.05) is 0 Å². The molecular weight excluding hydrogens is 154 g/mol. The van der Waals surface area contributed by atoms with Crippen molar-refractivity contribution in [3.63, 3.8) is 0 Å². The summed E-state index contributed by atoms with van der Waals surface area (Å²) < 4.78 is 0. The zero-order valence-corrected chi connectivity index (χ0v) is 8.22. The Kier molecular flexibility index (Phi) is 3.44. The van der Waals surface area contributed by atoms with Crippen LogP contribution in [0.15, 0.2) is 4.99 Å². The molecule has 0 N–H and O–H groups in total. The summed E-state index contributed by atoms with van der Waals surface area (Å²) in [5.41, 5.74) is 0. The molecule has 0 amide bonds. The molecule has 2 heteroatoms. The van der Waals surface area contributed by atoms with Crippen LogP contribution in [0.3, 0.4) is 0 Å². The second-order valence-electron chi connectivity index (χ2n) is 3.52. The third-order valence-corrected chi connectivity index (χ3v) is 2.92. The van der Waals surface area contributed by atoms with Gasteiger partial charge in [0.15, 0.2) is 0 Å². The Hall–Kier alpha value is 0.0200. The van der Waals surface area contributed by atoms with E-state index in [0.29, 0.717) is 17.2 Å². The molecule has 3 atom stereocenters. The highest BCUT2D eigenvalue weighted by atomic mass is 32.1. The van der Waals surface area contributed by atoms with Crippen molar-refractivity contribution >= 4 is 18.8 Å². The highest BCUT2D eigenvalue weighted by Gasteiger charge is 2.16. The van der Waals surface area contributed by atoms with Gasteiger partial charge in [-0.25, -0.2) is 0 Å². The van der Waals surface area contributed by atoms with Crippen molar-refractivity contribution < 1.29 is 0 Å². The summed E-state index contributed by atoms with van der Waals surface area (Å²) in [5.74, 6) is 0.693. The Balaban J connectivity index is 2.24. The maximum Gasteiger partial charge on any atom is 0.0502 e. The second kappa shape index (κ2) is 4.15. The van der Waals surface area contributed by atoms with Gasteiger partial charge in [0.1, 0.15) is 0 Å². The van der Waals surface area contributed by atoms with Gasteiger partial charge in [0.25, 0.3) is 0 Å². The van der Waals surface area contributed by atoms with Crippen molar-refractivity contribution in [3.8, 4) is 0 Å². The van der Waals surface area contributed by atoms with E-state index in [4.69, 9.17) is 0 Å². The normalized spacial score (nSPS) is 28.8. The van der Waals surface area contributed by atoms with Gasteiger partial charge in [-0.15, -0.1) is 0 Å². The Morgan fingerprint density at radius 1 is 1.64 bits per heavy atom. The van der Waals surface area contributed by atoms with Crippen LogP contribution in [0.1, 0.15) is 33.1 Å². The van der Waals surface area contributed by atoms with Crippen LogP contribution < -0.4 is 0 Å². The highest BCUT2D eigenvalue weighted by Crippen LogP contribution is 2.21. The number of thiol groups is 1. The van der Waals surface area contributed by atoms with Crippen LogP contribution in [0.5, 0.6) is 0 Å². The monoisotopic (exact) mass is 171 g/mol. The lowest BCUT2D eigenvalue weighted by atomic mass is 9.98. The fourth-order valence-electron chi connectivity index (χ4n) is 1.37. The molecule has 0 fully saturated rings. The molecule has 1 aliphatic heterocycles. The SMILES string of the molecule is CC(S)C(C)CC1CCC=N1. The molecule has 1 aliphatic rings. The molecular formula is C9H17NS. The summed E-state index contributed by atoms with van der Waals surface area (Å²) in [4.78, 5) is 4.40. The third-order valence-electron chi connectivity index (χ3n) is 2.41. The van der Waals surface area contributed by atoms with E-state index in [-0.39, 0.29) is 0 Å². The Morgan fingerprint density at radius 2 is 2.36 bits per heavy atom. The molecule has 0 aromatic rings. The Morgan fingerprint density at radius 3 is 2.82 bits per heavy atom. The summed E-state index contributed by atoms with van der Waals surface area (Å²) >= 11 is 4.41. The smallest absolute Gasteiger partial charge is 0.0502 e. The Bertz CT molecular complexity index is 142. The van der Waals surface area contributed by atoms with Crippen molar-refractivity contribution in [1.29, 1.82) is 0 Å². The third kappa shape index (κ3) is 2.86. The molecule has 1 rings (SSSR count). The van der Waals surface area contributed by atoms with E-state index in [1.54, 1.807) is 0 Å². The van der Waals surface area contributed by atoms with Crippen molar-refractivity contribution in [1.82, 2.24) is 0 Å². The summed E-state index contributed by atoms with van der Waals surface area (Å²) in [6.07, 6.45) is 5.70. The molecule has 0 spiro atoms. The maximum atomic E-state index is 4.41. The number of rotatable bonds is 3. The molecule has 0 aromatic carbocycles. The van der Waals surface area contributed by atoms with E-state index in [0.717, 1.165) is 0 Å². The summed E-state index contributed by atoms with van der Waals surface area (Å²) in [6.45, 7) is 4.41. The van der Waals surface area contributed by atoms with E-state index in [9.17, 15) is 0 Å². The van der Waals surface area contributed by atoms with Crippen molar-refractivity contribution in [2.45, 2.75) is 44.4 Å². The lowest BCUT2D eigenvalue weighted by Gasteiger charge is -2.17. The molecule has 64 valence electrons. The van der Waals surface area contributed by atoms with E-state index in [1.165, 1.54) is 19.3 Å². The first kappa shape index (κ1) is 9.11. The van der Waals surface area contributed by atoms with Gasteiger partial charge in [-0.05, 0) is 31.4 Å². The number of nitrogens with zero attached hydrogens (tertiary/aromatic N) is 1. The number of hydrogen-bond donors (Lipinski definition) is 1. The number of aliphatic imine (C=N–C) groups is 1. The van der Waals surface area contributed by atoms with Crippen LogP contribution in [0, 0.1) is 5.92 Å². The largest absolute Gasteiger partial charge is 0.294 e. The first-order valence-electron chi connectivity index (χ1n) is 4.40. The average Bonchev–Trinajstić information content (AvgIpc) is 2.39. The predicted molar refractivity (Wildman–Crippen MR) is 53.7 cm³/mol. The first-order chi connectivity index (χ1) is 5.20. The predicted octanol–water partition coefficient (Wildman–Crippen LogP) is 2.56. The standard InChI is InChI=1S/C9H17NS/c1-7(8(2)11)6-9-4-3-5-10-9/h5,7-9,11H,3-4,6H2,1-2H3. The second-order valence-corrected chi connectivity index (χ2v) is 4.33. The molecule has 1 heterocycles. The molecule has 1 nitrogen and oxygen atoms in total. The van der Waals surface area contributed by atoms with Crippen LogP contribution in [-0.4, -0.2) is 17.5 Å². The lowest BCUT2D eigenvalue weighted by Crippen LogP contribution is -2.13. The molecule has 0 aromatic heterocycles. The number of hydrogen-bond acceptors (Lipinski definition) is 2. The minimum atomic E-state index is 0.505. The van der Waals surface area contributed by atoms with Gasteiger partial charge in [-0.3, -0.25) is 4.99 Å². The molecule has 0 bridgehead atoms. The zero-order valence-electron chi connectivity index (χ0n) is 7.33. The van der Waals surface area contributed by atoms with Crippen molar-refractivity contribution in [2.24, 2.45) is 10.9 Å². The summed E-state index contributed by atoms with van der Waals surface area (Å²) in [7, 11) is 0. The van der Waals surface area contributed by atoms with Crippen LogP contribution in [0.4, 0.5) is 0 Å². The van der Waals surface area contributed by atoms with Crippen LogP contribution in [0.25, 0.3) is 0 Å².